The third kappa shape index (κ3) is 3.87. The van der Waals surface area contributed by atoms with E-state index in [1.54, 1.807) is 0 Å². The molecule has 116 valence electrons. The Morgan fingerprint density at radius 2 is 1.95 bits per heavy atom. The fourth-order valence-electron chi connectivity index (χ4n) is 3.94. The van der Waals surface area contributed by atoms with Crippen LogP contribution in [-0.2, 0) is 6.54 Å². The first-order chi connectivity index (χ1) is 10.2. The van der Waals surface area contributed by atoms with Crippen LogP contribution in [0.1, 0.15) is 56.6 Å². The van der Waals surface area contributed by atoms with Crippen molar-refractivity contribution in [1.29, 1.82) is 0 Å². The van der Waals surface area contributed by atoms with Crippen molar-refractivity contribution < 1.29 is 0 Å². The summed E-state index contributed by atoms with van der Waals surface area (Å²) in [6.45, 7) is 9.44. The molecule has 2 saturated heterocycles. The van der Waals surface area contributed by atoms with E-state index >= 15 is 0 Å². The minimum atomic E-state index is 0.631. The van der Waals surface area contributed by atoms with Crippen LogP contribution in [0.3, 0.4) is 0 Å². The average Bonchev–Trinajstić information content (AvgIpc) is 3.02. The van der Waals surface area contributed by atoms with Crippen LogP contribution in [0, 0.1) is 5.92 Å². The normalized spacial score (nSPS) is 27.4. The monoisotopic (exact) mass is 286 g/mol. The largest absolute Gasteiger partial charge is 0.314 e. The third-order valence-electron chi connectivity index (χ3n) is 5.26. The molecule has 1 aromatic rings. The predicted molar refractivity (Wildman–Crippen MR) is 89.6 cm³/mol. The maximum atomic E-state index is 3.70. The third-order valence-corrected chi connectivity index (χ3v) is 5.26. The number of benzene rings is 1. The molecule has 1 N–H and O–H groups in total. The molecule has 2 nitrogen and oxygen atoms in total. The summed E-state index contributed by atoms with van der Waals surface area (Å²) in [4.78, 5) is 2.67. The van der Waals surface area contributed by atoms with Crippen LogP contribution >= 0.6 is 0 Å². The van der Waals surface area contributed by atoms with Crippen LogP contribution in [0.15, 0.2) is 24.3 Å². The molecule has 2 aliphatic rings. The zero-order valence-corrected chi connectivity index (χ0v) is 13.6. The lowest BCUT2D eigenvalue weighted by Crippen LogP contribution is -2.43. The number of rotatable bonds is 4. The summed E-state index contributed by atoms with van der Waals surface area (Å²) in [6.07, 6.45) is 5.55. The van der Waals surface area contributed by atoms with Crippen molar-refractivity contribution in [3.8, 4) is 0 Å². The van der Waals surface area contributed by atoms with Crippen molar-refractivity contribution in [3.63, 3.8) is 0 Å². The summed E-state index contributed by atoms with van der Waals surface area (Å²) in [6, 6.07) is 10.1. The van der Waals surface area contributed by atoms with Gasteiger partial charge in [0, 0.05) is 19.1 Å². The fraction of sp³-hybridized carbons (Fsp3) is 0.684. The van der Waals surface area contributed by atoms with E-state index in [1.807, 2.05) is 0 Å². The van der Waals surface area contributed by atoms with Crippen LogP contribution in [0.4, 0.5) is 0 Å². The molecule has 0 radical (unpaired) electrons. The SMILES string of the molecule is CC(C)c1ccc(CN2CCCC(C3CCCN3)C2)cc1. The van der Waals surface area contributed by atoms with Gasteiger partial charge >= 0.3 is 0 Å². The van der Waals surface area contributed by atoms with E-state index in [0.29, 0.717) is 5.92 Å². The number of piperidine rings is 1. The van der Waals surface area contributed by atoms with E-state index < -0.39 is 0 Å². The Morgan fingerprint density at radius 1 is 1.14 bits per heavy atom. The van der Waals surface area contributed by atoms with Gasteiger partial charge in [0.15, 0.2) is 0 Å². The highest BCUT2D eigenvalue weighted by Gasteiger charge is 2.28. The quantitative estimate of drug-likeness (QED) is 0.906. The lowest BCUT2D eigenvalue weighted by atomic mass is 9.89. The number of hydrogen-bond acceptors (Lipinski definition) is 2. The zero-order chi connectivity index (χ0) is 14.7. The van der Waals surface area contributed by atoms with Crippen molar-refractivity contribution in [3.05, 3.63) is 35.4 Å². The summed E-state index contributed by atoms with van der Waals surface area (Å²) < 4.78 is 0. The molecule has 0 saturated carbocycles. The van der Waals surface area contributed by atoms with Gasteiger partial charge in [-0.25, -0.2) is 0 Å². The van der Waals surface area contributed by atoms with E-state index in [4.69, 9.17) is 0 Å². The van der Waals surface area contributed by atoms with E-state index in [1.165, 1.54) is 56.4 Å². The minimum Gasteiger partial charge on any atom is -0.314 e. The van der Waals surface area contributed by atoms with Crippen LogP contribution in [0.2, 0.25) is 0 Å². The van der Waals surface area contributed by atoms with Crippen LogP contribution in [0.5, 0.6) is 0 Å². The summed E-state index contributed by atoms with van der Waals surface area (Å²) >= 11 is 0. The first-order valence-corrected chi connectivity index (χ1v) is 8.77. The highest BCUT2D eigenvalue weighted by molar-refractivity contribution is 5.24. The van der Waals surface area contributed by atoms with Gasteiger partial charge in [-0.1, -0.05) is 38.1 Å². The summed E-state index contributed by atoms with van der Waals surface area (Å²) in [5.41, 5.74) is 2.92. The first kappa shape index (κ1) is 15.1. The van der Waals surface area contributed by atoms with E-state index in [-0.39, 0.29) is 0 Å². The lowest BCUT2D eigenvalue weighted by Gasteiger charge is -2.35. The second-order valence-corrected chi connectivity index (χ2v) is 7.24. The summed E-state index contributed by atoms with van der Waals surface area (Å²) in [7, 11) is 0. The highest BCUT2D eigenvalue weighted by atomic mass is 15.1. The number of nitrogens with one attached hydrogen (secondary N) is 1. The fourth-order valence-corrected chi connectivity index (χ4v) is 3.94. The van der Waals surface area contributed by atoms with Gasteiger partial charge in [0.2, 0.25) is 0 Å². The molecule has 0 aromatic heterocycles. The van der Waals surface area contributed by atoms with Crippen molar-refractivity contribution in [2.45, 2.75) is 58.0 Å². The Labute approximate surface area is 129 Å². The highest BCUT2D eigenvalue weighted by Crippen LogP contribution is 2.26. The molecule has 0 amide bonds. The predicted octanol–water partition coefficient (Wildman–Crippen LogP) is 3.77. The average molecular weight is 286 g/mol. The van der Waals surface area contributed by atoms with Crippen LogP contribution in [0.25, 0.3) is 0 Å². The second-order valence-electron chi connectivity index (χ2n) is 7.24. The van der Waals surface area contributed by atoms with Crippen molar-refractivity contribution >= 4 is 0 Å². The van der Waals surface area contributed by atoms with Gasteiger partial charge in [-0.2, -0.15) is 0 Å². The molecule has 2 heterocycles. The van der Waals surface area contributed by atoms with Crippen molar-refractivity contribution in [1.82, 2.24) is 10.2 Å². The van der Waals surface area contributed by atoms with E-state index in [9.17, 15) is 0 Å². The molecule has 2 aliphatic heterocycles. The molecule has 0 aliphatic carbocycles. The topological polar surface area (TPSA) is 15.3 Å². The Hall–Kier alpha value is -0.860. The number of hydrogen-bond donors (Lipinski definition) is 1. The molecule has 0 spiro atoms. The standard InChI is InChI=1S/C19H30N2/c1-15(2)17-9-7-16(8-10-17)13-21-12-4-5-18(14-21)19-6-3-11-20-19/h7-10,15,18-20H,3-6,11-14H2,1-2H3. The van der Waals surface area contributed by atoms with Gasteiger partial charge in [-0.15, -0.1) is 0 Å². The molecule has 1 aromatic carbocycles. The zero-order valence-electron chi connectivity index (χ0n) is 13.6. The smallest absolute Gasteiger partial charge is 0.0233 e. The Balaban J connectivity index is 1.56. The van der Waals surface area contributed by atoms with Gasteiger partial charge in [-0.3, -0.25) is 4.90 Å². The van der Waals surface area contributed by atoms with Gasteiger partial charge in [0.25, 0.3) is 0 Å². The Kier molecular flexibility index (Phi) is 4.97. The van der Waals surface area contributed by atoms with Crippen LogP contribution < -0.4 is 5.32 Å². The maximum Gasteiger partial charge on any atom is 0.0233 e. The molecule has 2 atom stereocenters. The van der Waals surface area contributed by atoms with Gasteiger partial charge in [0.1, 0.15) is 0 Å². The number of nitrogens with zero attached hydrogens (tertiary/aromatic N) is 1. The Bertz CT molecular complexity index is 431. The van der Waals surface area contributed by atoms with Crippen molar-refractivity contribution in [2.24, 2.45) is 5.92 Å². The van der Waals surface area contributed by atoms with Gasteiger partial charge in [-0.05, 0) is 61.7 Å². The van der Waals surface area contributed by atoms with Gasteiger partial charge < -0.3 is 5.32 Å². The second kappa shape index (κ2) is 6.93. The minimum absolute atomic E-state index is 0.631. The molecular formula is C19H30N2. The van der Waals surface area contributed by atoms with Crippen molar-refractivity contribution in [2.75, 3.05) is 19.6 Å². The molecule has 3 rings (SSSR count). The molecular weight excluding hydrogens is 256 g/mol. The first-order valence-electron chi connectivity index (χ1n) is 8.77. The summed E-state index contributed by atoms with van der Waals surface area (Å²) in [5, 5.41) is 3.70. The molecule has 2 heteroatoms. The Morgan fingerprint density at radius 3 is 2.62 bits per heavy atom. The van der Waals surface area contributed by atoms with E-state index in [2.05, 4.69) is 48.3 Å². The molecule has 2 fully saturated rings. The molecule has 21 heavy (non-hydrogen) atoms. The summed E-state index contributed by atoms with van der Waals surface area (Å²) in [5.74, 6) is 1.50. The van der Waals surface area contributed by atoms with Crippen LogP contribution in [-0.4, -0.2) is 30.6 Å². The maximum absolute atomic E-state index is 3.70. The van der Waals surface area contributed by atoms with Gasteiger partial charge in [0.05, 0.1) is 0 Å². The molecule has 0 bridgehead atoms. The molecule has 2 unspecified atom stereocenters. The van der Waals surface area contributed by atoms with E-state index in [0.717, 1.165) is 18.5 Å². The lowest BCUT2D eigenvalue weighted by molar-refractivity contribution is 0.145. The number of likely N-dealkylation sites (tertiary alicyclic amines) is 1.